The van der Waals surface area contributed by atoms with Gasteiger partial charge in [0.2, 0.25) is 11.8 Å². The summed E-state index contributed by atoms with van der Waals surface area (Å²) in [5, 5.41) is 3.31. The first-order chi connectivity index (χ1) is 8.49. The van der Waals surface area contributed by atoms with Gasteiger partial charge in [-0.05, 0) is 30.4 Å². The molecule has 0 radical (unpaired) electrons. The SMILES string of the molecule is O=C1CCC(=O)N1C(=S)Nc1ccc(Br)cc1Cl. The minimum atomic E-state index is -0.286. The van der Waals surface area contributed by atoms with Crippen LogP contribution in [0.2, 0.25) is 5.02 Å². The second-order valence-electron chi connectivity index (χ2n) is 3.68. The first-order valence-corrected chi connectivity index (χ1v) is 6.69. The third-order valence-electron chi connectivity index (χ3n) is 2.43. The van der Waals surface area contributed by atoms with Crippen molar-refractivity contribution in [2.24, 2.45) is 0 Å². The number of halogens is 2. The van der Waals surface area contributed by atoms with E-state index in [1.807, 2.05) is 0 Å². The van der Waals surface area contributed by atoms with Crippen LogP contribution in [-0.4, -0.2) is 21.8 Å². The first-order valence-electron chi connectivity index (χ1n) is 5.11. The molecule has 0 atom stereocenters. The van der Waals surface area contributed by atoms with Crippen LogP contribution in [0, 0.1) is 0 Å². The van der Waals surface area contributed by atoms with E-state index in [1.54, 1.807) is 18.2 Å². The van der Waals surface area contributed by atoms with Gasteiger partial charge in [-0.1, -0.05) is 27.5 Å². The van der Waals surface area contributed by atoms with Crippen LogP contribution in [0.4, 0.5) is 5.69 Å². The Hall–Kier alpha value is -0.980. The number of hydrogen-bond donors (Lipinski definition) is 1. The molecule has 0 bridgehead atoms. The maximum absolute atomic E-state index is 11.5. The molecule has 4 nitrogen and oxygen atoms in total. The molecular formula is C11H8BrClN2O2S. The van der Waals surface area contributed by atoms with E-state index in [4.69, 9.17) is 23.8 Å². The molecule has 0 unspecified atom stereocenters. The number of imide groups is 1. The van der Waals surface area contributed by atoms with Crippen molar-refractivity contribution < 1.29 is 9.59 Å². The van der Waals surface area contributed by atoms with Crippen molar-refractivity contribution in [2.45, 2.75) is 12.8 Å². The Morgan fingerprint density at radius 1 is 1.33 bits per heavy atom. The number of rotatable bonds is 1. The molecule has 0 spiro atoms. The van der Waals surface area contributed by atoms with Gasteiger partial charge < -0.3 is 5.32 Å². The summed E-state index contributed by atoms with van der Waals surface area (Å²) < 4.78 is 0.831. The average Bonchev–Trinajstić information content (AvgIpc) is 2.62. The maximum Gasteiger partial charge on any atom is 0.236 e. The molecule has 18 heavy (non-hydrogen) atoms. The highest BCUT2D eigenvalue weighted by Gasteiger charge is 2.32. The predicted molar refractivity (Wildman–Crippen MR) is 76.5 cm³/mol. The third kappa shape index (κ3) is 2.71. The summed E-state index contributed by atoms with van der Waals surface area (Å²) in [5.41, 5.74) is 0.553. The van der Waals surface area contributed by atoms with Crippen LogP contribution in [-0.2, 0) is 9.59 Å². The number of nitrogens with one attached hydrogen (secondary N) is 1. The van der Waals surface area contributed by atoms with Gasteiger partial charge in [-0.15, -0.1) is 0 Å². The van der Waals surface area contributed by atoms with E-state index in [0.29, 0.717) is 10.7 Å². The molecular weight excluding hydrogens is 340 g/mol. The van der Waals surface area contributed by atoms with E-state index in [0.717, 1.165) is 9.37 Å². The van der Waals surface area contributed by atoms with Crippen LogP contribution < -0.4 is 5.32 Å². The van der Waals surface area contributed by atoms with Gasteiger partial charge in [-0.2, -0.15) is 0 Å². The van der Waals surface area contributed by atoms with Gasteiger partial charge in [-0.3, -0.25) is 9.59 Å². The summed E-state index contributed by atoms with van der Waals surface area (Å²) >= 11 is 14.3. The van der Waals surface area contributed by atoms with Gasteiger partial charge in [0.05, 0.1) is 10.7 Å². The summed E-state index contributed by atoms with van der Waals surface area (Å²) in [6.07, 6.45) is 0.406. The minimum absolute atomic E-state index is 0.0618. The van der Waals surface area contributed by atoms with Crippen LogP contribution in [0.1, 0.15) is 12.8 Å². The number of likely N-dealkylation sites (tertiary alicyclic amines) is 1. The van der Waals surface area contributed by atoms with Crippen LogP contribution in [0.3, 0.4) is 0 Å². The molecule has 2 amide bonds. The summed E-state index contributed by atoms with van der Waals surface area (Å²) in [4.78, 5) is 24.0. The number of thiocarbonyl (C=S) groups is 1. The molecule has 7 heteroatoms. The first kappa shape index (κ1) is 13.5. The highest BCUT2D eigenvalue weighted by Crippen LogP contribution is 2.26. The Labute approximate surface area is 122 Å². The van der Waals surface area contributed by atoms with Crippen molar-refractivity contribution in [3.63, 3.8) is 0 Å². The van der Waals surface area contributed by atoms with Crippen LogP contribution >= 0.6 is 39.7 Å². The maximum atomic E-state index is 11.5. The van der Waals surface area contributed by atoms with Gasteiger partial charge in [-0.25, -0.2) is 4.90 Å². The quantitative estimate of drug-likeness (QED) is 0.627. The fraction of sp³-hybridized carbons (Fsp3) is 0.182. The normalized spacial score (nSPS) is 15.1. The fourth-order valence-electron chi connectivity index (χ4n) is 1.57. The monoisotopic (exact) mass is 346 g/mol. The van der Waals surface area contributed by atoms with Gasteiger partial charge in [0.15, 0.2) is 5.11 Å². The lowest BCUT2D eigenvalue weighted by molar-refractivity contribution is -0.133. The Balaban J connectivity index is 2.16. The topological polar surface area (TPSA) is 49.4 Å². The molecule has 0 aromatic heterocycles. The zero-order chi connectivity index (χ0) is 13.3. The molecule has 1 fully saturated rings. The standard InChI is InChI=1S/C11H8BrClN2O2S/c12-6-1-2-8(7(13)5-6)14-11(18)15-9(16)3-4-10(15)17/h1-2,5H,3-4H2,(H,14,18). The van der Waals surface area contributed by atoms with Crippen LogP contribution in [0.15, 0.2) is 22.7 Å². The molecule has 94 valence electrons. The van der Waals surface area contributed by atoms with Crippen molar-refractivity contribution >= 4 is 62.4 Å². The van der Waals surface area contributed by atoms with Gasteiger partial charge in [0.25, 0.3) is 0 Å². The average molecular weight is 348 g/mol. The zero-order valence-electron chi connectivity index (χ0n) is 9.07. The number of carbonyl (C=O) groups excluding carboxylic acids is 2. The highest BCUT2D eigenvalue weighted by atomic mass is 79.9. The molecule has 1 aliphatic rings. The summed E-state index contributed by atoms with van der Waals surface area (Å²) in [7, 11) is 0. The lowest BCUT2D eigenvalue weighted by atomic mass is 10.3. The van der Waals surface area contributed by atoms with Crippen LogP contribution in [0.25, 0.3) is 0 Å². The van der Waals surface area contributed by atoms with Gasteiger partial charge in [0, 0.05) is 17.3 Å². The molecule has 1 aromatic carbocycles. The number of nitrogens with zero attached hydrogens (tertiary/aromatic N) is 1. The molecule has 1 aromatic rings. The van der Waals surface area contributed by atoms with Gasteiger partial charge >= 0.3 is 0 Å². The molecule has 1 N–H and O–H groups in total. The number of benzene rings is 1. The van der Waals surface area contributed by atoms with E-state index in [2.05, 4.69) is 21.2 Å². The van der Waals surface area contributed by atoms with E-state index in [9.17, 15) is 9.59 Å². The molecule has 0 saturated carbocycles. The number of amides is 2. The van der Waals surface area contributed by atoms with Crippen molar-refractivity contribution in [2.75, 3.05) is 5.32 Å². The summed E-state index contributed by atoms with van der Waals surface area (Å²) in [6.45, 7) is 0. The largest absolute Gasteiger partial charge is 0.331 e. The molecule has 2 rings (SSSR count). The van der Waals surface area contributed by atoms with Crippen molar-refractivity contribution in [1.29, 1.82) is 0 Å². The Bertz CT molecular complexity index is 534. The van der Waals surface area contributed by atoms with Crippen molar-refractivity contribution in [3.05, 3.63) is 27.7 Å². The number of anilines is 1. The molecule has 1 heterocycles. The minimum Gasteiger partial charge on any atom is -0.331 e. The summed E-state index contributed by atoms with van der Waals surface area (Å²) in [6, 6.07) is 5.19. The fourth-order valence-corrected chi connectivity index (χ4v) is 2.60. The third-order valence-corrected chi connectivity index (χ3v) is 3.52. The lowest BCUT2D eigenvalue weighted by Gasteiger charge is -2.17. The Morgan fingerprint density at radius 3 is 2.50 bits per heavy atom. The molecule has 1 saturated heterocycles. The van der Waals surface area contributed by atoms with E-state index < -0.39 is 0 Å². The van der Waals surface area contributed by atoms with E-state index >= 15 is 0 Å². The zero-order valence-corrected chi connectivity index (χ0v) is 12.2. The van der Waals surface area contributed by atoms with E-state index in [1.165, 1.54) is 0 Å². The highest BCUT2D eigenvalue weighted by molar-refractivity contribution is 9.10. The second-order valence-corrected chi connectivity index (χ2v) is 5.39. The van der Waals surface area contributed by atoms with E-state index in [-0.39, 0.29) is 29.8 Å². The number of hydrogen-bond acceptors (Lipinski definition) is 3. The Morgan fingerprint density at radius 2 is 1.94 bits per heavy atom. The van der Waals surface area contributed by atoms with Crippen molar-refractivity contribution in [3.8, 4) is 0 Å². The Kier molecular flexibility index (Phi) is 3.99. The van der Waals surface area contributed by atoms with Crippen molar-refractivity contribution in [1.82, 2.24) is 4.90 Å². The van der Waals surface area contributed by atoms with Crippen LogP contribution in [0.5, 0.6) is 0 Å². The molecule has 0 aliphatic carbocycles. The second kappa shape index (κ2) is 5.34. The summed E-state index contributed by atoms with van der Waals surface area (Å²) in [5.74, 6) is -0.573. The predicted octanol–water partition coefficient (Wildman–Crippen LogP) is 2.95. The lowest BCUT2D eigenvalue weighted by Crippen LogP contribution is -2.38. The van der Waals surface area contributed by atoms with Gasteiger partial charge in [0.1, 0.15) is 0 Å². The number of carbonyl (C=O) groups is 2. The smallest absolute Gasteiger partial charge is 0.236 e. The molecule has 1 aliphatic heterocycles.